The van der Waals surface area contributed by atoms with Gasteiger partial charge < -0.3 is 19.2 Å². The van der Waals surface area contributed by atoms with Crippen LogP contribution in [-0.4, -0.2) is 42.0 Å². The molecular formula is C22H21NO5S. The summed E-state index contributed by atoms with van der Waals surface area (Å²) in [6.07, 6.45) is 0.600. The lowest BCUT2D eigenvalue weighted by molar-refractivity contribution is -0.129. The van der Waals surface area contributed by atoms with Gasteiger partial charge in [0.2, 0.25) is 5.78 Å². The Hall–Kier alpha value is -2.90. The lowest BCUT2D eigenvalue weighted by Gasteiger charge is -2.26. The van der Waals surface area contributed by atoms with E-state index in [1.54, 1.807) is 24.1 Å². The van der Waals surface area contributed by atoms with E-state index in [0.29, 0.717) is 25.2 Å². The molecule has 1 amide bonds. The maximum atomic E-state index is 13.4. The average molecular weight is 411 g/mol. The Bertz CT molecular complexity index is 1080. The zero-order valence-corrected chi connectivity index (χ0v) is 17.0. The largest absolute Gasteiger partial charge is 0.503 e. The number of methoxy groups -OCH3 is 1. The fourth-order valence-corrected chi connectivity index (χ4v) is 4.71. The molecule has 0 spiro atoms. The van der Waals surface area contributed by atoms with E-state index < -0.39 is 23.5 Å². The molecule has 1 aromatic carbocycles. The first kappa shape index (κ1) is 19.4. The molecule has 150 valence electrons. The van der Waals surface area contributed by atoms with E-state index in [-0.39, 0.29) is 11.3 Å². The standard InChI is InChI=1S/C22H21NO5S/c1-13-8-11-29-21(13)18-17(20(25)22(26)23(18)9-5-10-27-2)19(24)16-12-14-6-3-4-7-15(14)28-16/h3-4,6-8,11-12,18,25H,5,9-10H2,1-2H3. The normalized spacial score (nSPS) is 17.0. The van der Waals surface area contributed by atoms with E-state index >= 15 is 0 Å². The number of fused-ring (bicyclic) bond motifs is 1. The number of rotatable bonds is 7. The van der Waals surface area contributed by atoms with Crippen molar-refractivity contribution in [1.29, 1.82) is 0 Å². The van der Waals surface area contributed by atoms with Crippen LogP contribution in [0, 0.1) is 6.92 Å². The molecule has 1 N–H and O–H groups in total. The fraction of sp³-hybridized carbons (Fsp3) is 0.273. The molecule has 0 bridgehead atoms. The lowest BCUT2D eigenvalue weighted by atomic mass is 9.98. The molecule has 3 aromatic rings. The monoisotopic (exact) mass is 411 g/mol. The number of Topliss-reactive ketones (excluding diaryl/α,β-unsaturated/α-hetero) is 1. The Kier molecular flexibility index (Phi) is 5.25. The van der Waals surface area contributed by atoms with Crippen LogP contribution in [-0.2, 0) is 9.53 Å². The Morgan fingerprint density at radius 3 is 2.79 bits per heavy atom. The highest BCUT2D eigenvalue weighted by molar-refractivity contribution is 7.10. The Balaban J connectivity index is 1.77. The average Bonchev–Trinajstić information content (AvgIpc) is 3.39. The van der Waals surface area contributed by atoms with Crippen molar-refractivity contribution < 1.29 is 23.8 Å². The van der Waals surface area contributed by atoms with Gasteiger partial charge in [0, 0.05) is 30.5 Å². The number of thiophene rings is 1. The number of aliphatic hydroxyl groups excluding tert-OH is 1. The van der Waals surface area contributed by atoms with Crippen LogP contribution in [0.4, 0.5) is 0 Å². The van der Waals surface area contributed by atoms with Crippen molar-refractivity contribution in [3.8, 4) is 0 Å². The van der Waals surface area contributed by atoms with Crippen molar-refractivity contribution in [2.24, 2.45) is 0 Å². The highest BCUT2D eigenvalue weighted by Gasteiger charge is 2.45. The molecule has 1 unspecified atom stereocenters. The molecule has 0 saturated carbocycles. The van der Waals surface area contributed by atoms with E-state index in [9.17, 15) is 14.7 Å². The SMILES string of the molecule is COCCCN1C(=O)C(O)=C(C(=O)c2cc3ccccc3o2)C1c1sccc1C. The van der Waals surface area contributed by atoms with Crippen molar-refractivity contribution in [3.05, 3.63) is 69.3 Å². The van der Waals surface area contributed by atoms with Crippen LogP contribution < -0.4 is 0 Å². The van der Waals surface area contributed by atoms with E-state index in [0.717, 1.165) is 15.8 Å². The van der Waals surface area contributed by atoms with Gasteiger partial charge in [0.15, 0.2) is 11.5 Å². The molecule has 0 fully saturated rings. The van der Waals surface area contributed by atoms with Gasteiger partial charge >= 0.3 is 0 Å². The van der Waals surface area contributed by atoms with E-state index in [2.05, 4.69) is 0 Å². The van der Waals surface area contributed by atoms with Gasteiger partial charge in [-0.1, -0.05) is 18.2 Å². The number of aliphatic hydroxyl groups is 1. The zero-order valence-electron chi connectivity index (χ0n) is 16.2. The minimum Gasteiger partial charge on any atom is -0.503 e. The summed E-state index contributed by atoms with van der Waals surface area (Å²) in [5.74, 6) is -1.42. The minimum atomic E-state index is -0.639. The smallest absolute Gasteiger partial charge is 0.290 e. The molecule has 7 heteroatoms. The molecule has 29 heavy (non-hydrogen) atoms. The van der Waals surface area contributed by atoms with Gasteiger partial charge in [-0.05, 0) is 42.5 Å². The van der Waals surface area contributed by atoms with Gasteiger partial charge in [0.1, 0.15) is 5.58 Å². The highest BCUT2D eigenvalue weighted by Crippen LogP contribution is 2.42. The number of nitrogens with zero attached hydrogens (tertiary/aromatic N) is 1. The van der Waals surface area contributed by atoms with Gasteiger partial charge in [-0.25, -0.2) is 0 Å². The van der Waals surface area contributed by atoms with E-state index in [1.807, 2.05) is 36.6 Å². The topological polar surface area (TPSA) is 80.0 Å². The summed E-state index contributed by atoms with van der Waals surface area (Å²) in [7, 11) is 1.60. The predicted molar refractivity (Wildman–Crippen MR) is 110 cm³/mol. The molecule has 0 saturated heterocycles. The number of amides is 1. The molecule has 0 radical (unpaired) electrons. The van der Waals surface area contributed by atoms with Crippen molar-refractivity contribution in [1.82, 2.24) is 4.90 Å². The zero-order chi connectivity index (χ0) is 20.5. The Labute approximate surface area is 172 Å². The summed E-state index contributed by atoms with van der Waals surface area (Å²) in [5.41, 5.74) is 1.62. The second-order valence-corrected chi connectivity index (χ2v) is 7.90. The quantitative estimate of drug-likeness (QED) is 0.460. The fourth-order valence-electron chi connectivity index (χ4n) is 3.66. The molecule has 6 nitrogen and oxygen atoms in total. The molecule has 4 rings (SSSR count). The maximum absolute atomic E-state index is 13.4. The third-order valence-electron chi connectivity index (χ3n) is 5.10. The van der Waals surface area contributed by atoms with Crippen LogP contribution in [0.15, 0.2) is 57.5 Å². The number of para-hydroxylation sites is 1. The summed E-state index contributed by atoms with van der Waals surface area (Å²) in [6.45, 7) is 2.78. The van der Waals surface area contributed by atoms with Crippen LogP contribution >= 0.6 is 11.3 Å². The van der Waals surface area contributed by atoms with Gasteiger partial charge in [-0.3, -0.25) is 9.59 Å². The summed E-state index contributed by atoms with van der Waals surface area (Å²) >= 11 is 1.46. The molecule has 0 aliphatic carbocycles. The molecule has 1 aliphatic rings. The number of furan rings is 1. The summed E-state index contributed by atoms with van der Waals surface area (Å²) in [4.78, 5) is 28.6. The first-order chi connectivity index (χ1) is 14.0. The van der Waals surface area contributed by atoms with Crippen molar-refractivity contribution in [2.45, 2.75) is 19.4 Å². The summed E-state index contributed by atoms with van der Waals surface area (Å²) in [5, 5.41) is 13.4. The van der Waals surface area contributed by atoms with Gasteiger partial charge in [-0.15, -0.1) is 11.3 Å². The first-order valence-electron chi connectivity index (χ1n) is 9.33. The van der Waals surface area contributed by atoms with Crippen molar-refractivity contribution in [2.75, 3.05) is 20.3 Å². The number of ether oxygens (including phenoxy) is 1. The maximum Gasteiger partial charge on any atom is 0.290 e. The third kappa shape index (κ3) is 3.36. The molecule has 3 heterocycles. The van der Waals surface area contributed by atoms with E-state index in [1.165, 1.54) is 11.3 Å². The van der Waals surface area contributed by atoms with Crippen molar-refractivity contribution in [3.63, 3.8) is 0 Å². The highest BCUT2D eigenvalue weighted by atomic mass is 32.1. The summed E-state index contributed by atoms with van der Waals surface area (Å²) < 4.78 is 10.8. The first-order valence-corrected chi connectivity index (χ1v) is 10.2. The number of ketones is 1. The number of aryl methyl sites for hydroxylation is 1. The number of benzene rings is 1. The summed E-state index contributed by atoms with van der Waals surface area (Å²) in [6, 6.07) is 10.3. The van der Waals surface area contributed by atoms with Crippen LogP contribution in [0.1, 0.15) is 33.5 Å². The van der Waals surface area contributed by atoms with Gasteiger partial charge in [-0.2, -0.15) is 0 Å². The van der Waals surface area contributed by atoms with Crippen LogP contribution in [0.5, 0.6) is 0 Å². The van der Waals surface area contributed by atoms with Gasteiger partial charge in [0.25, 0.3) is 5.91 Å². The molecule has 1 aliphatic heterocycles. The van der Waals surface area contributed by atoms with Crippen LogP contribution in [0.2, 0.25) is 0 Å². The van der Waals surface area contributed by atoms with Gasteiger partial charge in [0.05, 0.1) is 11.6 Å². The third-order valence-corrected chi connectivity index (χ3v) is 6.17. The second-order valence-electron chi connectivity index (χ2n) is 6.96. The number of hydrogen-bond donors (Lipinski definition) is 1. The van der Waals surface area contributed by atoms with Crippen molar-refractivity contribution >= 4 is 34.0 Å². The Morgan fingerprint density at radius 2 is 2.10 bits per heavy atom. The number of carbonyl (C=O) groups excluding carboxylic acids is 2. The number of carbonyl (C=O) groups is 2. The molecular weight excluding hydrogens is 390 g/mol. The second kappa shape index (κ2) is 7.85. The molecule has 2 aromatic heterocycles. The predicted octanol–water partition coefficient (Wildman–Crippen LogP) is 4.42. The minimum absolute atomic E-state index is 0.0667. The van der Waals surface area contributed by atoms with Crippen LogP contribution in [0.3, 0.4) is 0 Å². The Morgan fingerprint density at radius 1 is 1.31 bits per heavy atom. The number of hydrogen-bond acceptors (Lipinski definition) is 6. The van der Waals surface area contributed by atoms with Crippen LogP contribution in [0.25, 0.3) is 11.0 Å². The lowest BCUT2D eigenvalue weighted by Crippen LogP contribution is -2.32. The van der Waals surface area contributed by atoms with E-state index in [4.69, 9.17) is 9.15 Å². The molecule has 1 atom stereocenters.